The Morgan fingerprint density at radius 1 is 1.58 bits per heavy atom. The van der Waals surface area contributed by atoms with E-state index in [0.29, 0.717) is 12.1 Å². The summed E-state index contributed by atoms with van der Waals surface area (Å²) in [4.78, 5) is 2.29. The minimum Gasteiger partial charge on any atom is -0.374 e. The number of piperidine rings is 1. The quantitative estimate of drug-likeness (QED) is 0.605. The molecular weight excluding hydrogens is 152 g/mol. The van der Waals surface area contributed by atoms with E-state index >= 15 is 0 Å². The molecule has 0 saturated carbocycles. The molecule has 0 aromatic carbocycles. The molecule has 12 heavy (non-hydrogen) atoms. The van der Waals surface area contributed by atoms with E-state index in [2.05, 4.69) is 16.8 Å². The van der Waals surface area contributed by atoms with Gasteiger partial charge in [0.2, 0.25) is 0 Å². The van der Waals surface area contributed by atoms with Crippen LogP contribution >= 0.6 is 0 Å². The maximum Gasteiger partial charge on any atom is 0.0803 e. The molecule has 3 nitrogen and oxygen atoms in total. The SMILES string of the molecule is C=CN1CCOC2CCNCC21. The number of hydrogen-bond donors (Lipinski definition) is 1. The second-order valence-corrected chi connectivity index (χ2v) is 3.39. The molecule has 2 aliphatic rings. The van der Waals surface area contributed by atoms with E-state index in [4.69, 9.17) is 4.74 Å². The van der Waals surface area contributed by atoms with Crippen LogP contribution < -0.4 is 5.32 Å². The van der Waals surface area contributed by atoms with E-state index in [-0.39, 0.29) is 0 Å². The Hall–Kier alpha value is -0.540. The molecule has 0 radical (unpaired) electrons. The van der Waals surface area contributed by atoms with Crippen molar-refractivity contribution in [3.8, 4) is 0 Å². The second-order valence-electron chi connectivity index (χ2n) is 3.39. The highest BCUT2D eigenvalue weighted by Crippen LogP contribution is 2.18. The molecule has 2 fully saturated rings. The molecule has 2 saturated heterocycles. The zero-order valence-corrected chi connectivity index (χ0v) is 7.33. The van der Waals surface area contributed by atoms with Crippen LogP contribution in [0.1, 0.15) is 6.42 Å². The molecule has 0 amide bonds. The molecule has 3 heteroatoms. The van der Waals surface area contributed by atoms with Crippen molar-refractivity contribution < 1.29 is 4.74 Å². The minimum absolute atomic E-state index is 0.429. The molecule has 2 atom stereocenters. The first-order chi connectivity index (χ1) is 5.92. The van der Waals surface area contributed by atoms with Gasteiger partial charge >= 0.3 is 0 Å². The lowest BCUT2D eigenvalue weighted by Crippen LogP contribution is -2.57. The molecule has 1 N–H and O–H groups in total. The van der Waals surface area contributed by atoms with Gasteiger partial charge < -0.3 is 15.0 Å². The highest BCUT2D eigenvalue weighted by atomic mass is 16.5. The van der Waals surface area contributed by atoms with E-state index in [0.717, 1.165) is 32.7 Å². The van der Waals surface area contributed by atoms with Gasteiger partial charge in [0.05, 0.1) is 18.8 Å². The monoisotopic (exact) mass is 168 g/mol. The van der Waals surface area contributed by atoms with Gasteiger partial charge in [-0.1, -0.05) is 6.58 Å². The Bertz CT molecular complexity index is 170. The van der Waals surface area contributed by atoms with Crippen LogP contribution in [-0.4, -0.2) is 43.3 Å². The maximum absolute atomic E-state index is 5.68. The standard InChI is InChI=1S/C9H16N2O/c1-2-11-5-6-12-9-3-4-10-7-8(9)11/h2,8-10H,1,3-7H2. The predicted octanol–water partition coefficient (Wildman–Crippen LogP) is 0.193. The van der Waals surface area contributed by atoms with Gasteiger partial charge in [-0.3, -0.25) is 0 Å². The van der Waals surface area contributed by atoms with E-state index in [9.17, 15) is 0 Å². The first-order valence-corrected chi connectivity index (χ1v) is 4.62. The van der Waals surface area contributed by atoms with Crippen LogP contribution in [0.25, 0.3) is 0 Å². The van der Waals surface area contributed by atoms with Crippen LogP contribution in [0, 0.1) is 0 Å². The average Bonchev–Trinajstić information content (AvgIpc) is 2.17. The van der Waals surface area contributed by atoms with Gasteiger partial charge in [0.25, 0.3) is 0 Å². The molecule has 0 aliphatic carbocycles. The van der Waals surface area contributed by atoms with Gasteiger partial charge in [0, 0.05) is 13.1 Å². The zero-order valence-electron chi connectivity index (χ0n) is 7.33. The summed E-state index contributed by atoms with van der Waals surface area (Å²) in [5.74, 6) is 0. The Balaban J connectivity index is 2.03. The van der Waals surface area contributed by atoms with Gasteiger partial charge in [-0.05, 0) is 19.2 Å². The molecule has 2 unspecified atom stereocenters. The third-order valence-electron chi connectivity index (χ3n) is 2.73. The number of hydrogen-bond acceptors (Lipinski definition) is 3. The zero-order chi connectivity index (χ0) is 8.39. The number of nitrogens with zero attached hydrogens (tertiary/aromatic N) is 1. The smallest absolute Gasteiger partial charge is 0.0803 e. The lowest BCUT2D eigenvalue weighted by atomic mass is 10.0. The summed E-state index contributed by atoms with van der Waals surface area (Å²) >= 11 is 0. The van der Waals surface area contributed by atoms with Crippen molar-refractivity contribution in [1.82, 2.24) is 10.2 Å². The summed E-state index contributed by atoms with van der Waals surface area (Å²) in [6, 6.07) is 0.519. The Kier molecular flexibility index (Phi) is 2.33. The van der Waals surface area contributed by atoms with Crippen molar-refractivity contribution in [2.45, 2.75) is 18.6 Å². The van der Waals surface area contributed by atoms with Crippen molar-refractivity contribution in [2.75, 3.05) is 26.2 Å². The molecule has 2 aliphatic heterocycles. The first-order valence-electron chi connectivity index (χ1n) is 4.62. The molecule has 0 bridgehead atoms. The minimum atomic E-state index is 0.429. The van der Waals surface area contributed by atoms with Crippen LogP contribution in [0.4, 0.5) is 0 Å². The summed E-state index contributed by atoms with van der Waals surface area (Å²) in [5, 5.41) is 3.38. The topological polar surface area (TPSA) is 24.5 Å². The lowest BCUT2D eigenvalue weighted by molar-refractivity contribution is -0.0653. The molecule has 0 aromatic rings. The largest absolute Gasteiger partial charge is 0.374 e. The highest BCUT2D eigenvalue weighted by molar-refractivity contribution is 4.93. The van der Waals surface area contributed by atoms with E-state index in [1.165, 1.54) is 0 Å². The van der Waals surface area contributed by atoms with Crippen molar-refractivity contribution in [3.63, 3.8) is 0 Å². The van der Waals surface area contributed by atoms with Crippen molar-refractivity contribution >= 4 is 0 Å². The van der Waals surface area contributed by atoms with Crippen molar-refractivity contribution in [2.24, 2.45) is 0 Å². The molecule has 2 heterocycles. The van der Waals surface area contributed by atoms with Crippen LogP contribution in [0.2, 0.25) is 0 Å². The summed E-state index contributed by atoms with van der Waals surface area (Å²) in [7, 11) is 0. The molecule has 0 spiro atoms. The van der Waals surface area contributed by atoms with Gasteiger partial charge in [0.1, 0.15) is 0 Å². The predicted molar refractivity (Wildman–Crippen MR) is 47.9 cm³/mol. The molecule has 2 rings (SSSR count). The fraction of sp³-hybridized carbons (Fsp3) is 0.778. The van der Waals surface area contributed by atoms with Gasteiger partial charge in [-0.25, -0.2) is 0 Å². The van der Waals surface area contributed by atoms with Crippen LogP contribution in [0.5, 0.6) is 0 Å². The Morgan fingerprint density at radius 2 is 2.50 bits per heavy atom. The Labute approximate surface area is 73.4 Å². The van der Waals surface area contributed by atoms with Crippen molar-refractivity contribution in [1.29, 1.82) is 0 Å². The van der Waals surface area contributed by atoms with Crippen molar-refractivity contribution in [3.05, 3.63) is 12.8 Å². The van der Waals surface area contributed by atoms with Gasteiger partial charge in [-0.15, -0.1) is 0 Å². The van der Waals surface area contributed by atoms with Crippen LogP contribution in [0.3, 0.4) is 0 Å². The maximum atomic E-state index is 5.68. The molecular formula is C9H16N2O. The fourth-order valence-electron chi connectivity index (χ4n) is 2.05. The summed E-state index contributed by atoms with van der Waals surface area (Å²) in [5.41, 5.74) is 0. The Morgan fingerprint density at radius 3 is 3.33 bits per heavy atom. The normalized spacial score (nSPS) is 35.8. The van der Waals surface area contributed by atoms with Crippen LogP contribution in [0.15, 0.2) is 12.8 Å². The molecule has 0 aromatic heterocycles. The third-order valence-corrected chi connectivity index (χ3v) is 2.73. The number of ether oxygens (including phenoxy) is 1. The third kappa shape index (κ3) is 1.34. The second kappa shape index (κ2) is 3.46. The lowest BCUT2D eigenvalue weighted by Gasteiger charge is -2.43. The van der Waals surface area contributed by atoms with Gasteiger partial charge in [0.15, 0.2) is 0 Å². The number of fused-ring (bicyclic) bond motifs is 1. The number of nitrogens with one attached hydrogen (secondary N) is 1. The summed E-state index contributed by atoms with van der Waals surface area (Å²) in [6.45, 7) is 7.79. The van der Waals surface area contributed by atoms with Gasteiger partial charge in [-0.2, -0.15) is 0 Å². The number of morpholine rings is 1. The highest BCUT2D eigenvalue weighted by Gasteiger charge is 2.32. The summed E-state index contributed by atoms with van der Waals surface area (Å²) < 4.78 is 5.68. The average molecular weight is 168 g/mol. The van der Waals surface area contributed by atoms with E-state index in [1.54, 1.807) is 0 Å². The number of rotatable bonds is 1. The first kappa shape index (κ1) is 8.08. The van der Waals surface area contributed by atoms with E-state index in [1.807, 2.05) is 6.20 Å². The fourth-order valence-corrected chi connectivity index (χ4v) is 2.05. The summed E-state index contributed by atoms with van der Waals surface area (Å²) in [6.07, 6.45) is 3.50. The van der Waals surface area contributed by atoms with Crippen LogP contribution in [-0.2, 0) is 4.74 Å². The molecule has 68 valence electrons. The van der Waals surface area contributed by atoms with E-state index < -0.39 is 0 Å².